The maximum Gasteiger partial charge on any atom is 0.255 e. The molecule has 1 amide bonds. The first-order chi connectivity index (χ1) is 10.0. The van der Waals surface area contributed by atoms with Crippen LogP contribution in [0.4, 0.5) is 11.5 Å². The van der Waals surface area contributed by atoms with Crippen molar-refractivity contribution in [3.63, 3.8) is 0 Å². The summed E-state index contributed by atoms with van der Waals surface area (Å²) in [6.07, 6.45) is 0. The number of methoxy groups -OCH3 is 1. The lowest BCUT2D eigenvalue weighted by Crippen LogP contribution is -2.12. The van der Waals surface area contributed by atoms with E-state index in [4.69, 9.17) is 16.3 Å². The molecule has 2 N–H and O–H groups in total. The zero-order valence-electron chi connectivity index (χ0n) is 11.4. The lowest BCUT2D eigenvalue weighted by atomic mass is 10.2. The fraction of sp³-hybridized carbons (Fsp3) is 0.143. The summed E-state index contributed by atoms with van der Waals surface area (Å²) < 4.78 is 5.96. The molecule has 0 spiro atoms. The molecule has 1 aromatic carbocycles. The van der Waals surface area contributed by atoms with Crippen LogP contribution in [0, 0.1) is 0 Å². The fourth-order valence-electron chi connectivity index (χ4n) is 1.71. The smallest absolute Gasteiger partial charge is 0.255 e. The van der Waals surface area contributed by atoms with E-state index in [1.54, 1.807) is 38.4 Å². The summed E-state index contributed by atoms with van der Waals surface area (Å²) >= 11 is 9.25. The average molecular weight is 371 g/mol. The van der Waals surface area contributed by atoms with Crippen LogP contribution in [0.25, 0.3) is 0 Å². The fourth-order valence-corrected chi connectivity index (χ4v) is 2.39. The van der Waals surface area contributed by atoms with E-state index in [0.717, 1.165) is 4.47 Å². The quantitative estimate of drug-likeness (QED) is 0.804. The largest absolute Gasteiger partial charge is 0.497 e. The van der Waals surface area contributed by atoms with Crippen LogP contribution < -0.4 is 15.4 Å². The number of ether oxygens (including phenoxy) is 1. The van der Waals surface area contributed by atoms with Crippen molar-refractivity contribution in [1.29, 1.82) is 0 Å². The molecule has 1 aromatic heterocycles. The molecule has 0 radical (unpaired) electrons. The zero-order chi connectivity index (χ0) is 15.4. The number of hydrogen-bond donors (Lipinski definition) is 2. The molecule has 0 unspecified atom stereocenters. The van der Waals surface area contributed by atoms with E-state index in [1.807, 2.05) is 0 Å². The minimum absolute atomic E-state index is 0.249. The second kappa shape index (κ2) is 6.78. The molecule has 0 saturated heterocycles. The second-order valence-corrected chi connectivity index (χ2v) is 5.45. The molecular weight excluding hydrogens is 358 g/mol. The zero-order valence-corrected chi connectivity index (χ0v) is 13.7. The van der Waals surface area contributed by atoms with Gasteiger partial charge < -0.3 is 15.4 Å². The summed E-state index contributed by atoms with van der Waals surface area (Å²) in [7, 11) is 3.27. The first kappa shape index (κ1) is 15.6. The first-order valence-corrected chi connectivity index (χ1v) is 7.20. The highest BCUT2D eigenvalue weighted by Crippen LogP contribution is 2.25. The maximum atomic E-state index is 12.3. The number of nitrogens with one attached hydrogen (secondary N) is 2. The van der Waals surface area contributed by atoms with E-state index in [1.165, 1.54) is 6.07 Å². The lowest BCUT2D eigenvalue weighted by Gasteiger charge is -2.09. The van der Waals surface area contributed by atoms with E-state index in [9.17, 15) is 4.79 Å². The number of benzene rings is 1. The topological polar surface area (TPSA) is 63.2 Å². The minimum atomic E-state index is -0.282. The SMILES string of the molecule is CNc1cc(C(=O)Nc2cc(Br)cc(OC)c2)cc(Cl)n1. The third-order valence-electron chi connectivity index (χ3n) is 2.68. The van der Waals surface area contributed by atoms with Gasteiger partial charge in [-0.05, 0) is 24.3 Å². The maximum absolute atomic E-state index is 12.3. The van der Waals surface area contributed by atoms with Gasteiger partial charge in [0.25, 0.3) is 5.91 Å². The highest BCUT2D eigenvalue weighted by atomic mass is 79.9. The number of halogens is 2. The van der Waals surface area contributed by atoms with Gasteiger partial charge in [0.2, 0.25) is 0 Å². The van der Waals surface area contributed by atoms with Gasteiger partial charge in [-0.1, -0.05) is 27.5 Å². The molecule has 5 nitrogen and oxygen atoms in total. The third kappa shape index (κ3) is 4.09. The number of amides is 1. The van der Waals surface area contributed by atoms with Gasteiger partial charge in [0.15, 0.2) is 0 Å². The Morgan fingerprint density at radius 3 is 2.71 bits per heavy atom. The summed E-state index contributed by atoms with van der Waals surface area (Å²) in [5, 5.41) is 5.89. The molecule has 1 heterocycles. The van der Waals surface area contributed by atoms with Gasteiger partial charge in [-0.15, -0.1) is 0 Å². The van der Waals surface area contributed by atoms with Crippen molar-refractivity contribution in [2.45, 2.75) is 0 Å². The summed E-state index contributed by atoms with van der Waals surface area (Å²) in [6.45, 7) is 0. The van der Waals surface area contributed by atoms with Gasteiger partial charge in [0, 0.05) is 28.8 Å². The number of rotatable bonds is 4. The summed E-state index contributed by atoms with van der Waals surface area (Å²) in [4.78, 5) is 16.3. The van der Waals surface area contributed by atoms with E-state index in [-0.39, 0.29) is 11.1 Å². The molecule has 21 heavy (non-hydrogen) atoms. The molecule has 0 fully saturated rings. The van der Waals surface area contributed by atoms with Crippen LogP contribution in [0.3, 0.4) is 0 Å². The molecule has 0 aliphatic rings. The van der Waals surface area contributed by atoms with Crippen molar-refractivity contribution in [2.24, 2.45) is 0 Å². The molecule has 2 aromatic rings. The number of nitrogens with zero attached hydrogens (tertiary/aromatic N) is 1. The summed E-state index contributed by atoms with van der Waals surface area (Å²) in [6, 6.07) is 8.44. The highest BCUT2D eigenvalue weighted by molar-refractivity contribution is 9.10. The van der Waals surface area contributed by atoms with Crippen LogP contribution in [-0.4, -0.2) is 25.0 Å². The van der Waals surface area contributed by atoms with Crippen molar-refractivity contribution < 1.29 is 9.53 Å². The predicted molar refractivity (Wildman–Crippen MR) is 87.4 cm³/mol. The molecule has 0 aliphatic carbocycles. The van der Waals surface area contributed by atoms with Crippen molar-refractivity contribution in [3.05, 3.63) is 45.5 Å². The van der Waals surface area contributed by atoms with Crippen molar-refractivity contribution in [1.82, 2.24) is 4.98 Å². The monoisotopic (exact) mass is 369 g/mol. The number of anilines is 2. The lowest BCUT2D eigenvalue weighted by molar-refractivity contribution is 0.102. The Hall–Kier alpha value is -1.79. The Bertz CT molecular complexity index is 679. The van der Waals surface area contributed by atoms with E-state index in [0.29, 0.717) is 22.8 Å². The van der Waals surface area contributed by atoms with Gasteiger partial charge in [-0.3, -0.25) is 4.79 Å². The average Bonchev–Trinajstić information content (AvgIpc) is 2.45. The predicted octanol–water partition coefficient (Wildman–Crippen LogP) is 3.80. The van der Waals surface area contributed by atoms with Gasteiger partial charge in [0.1, 0.15) is 16.7 Å². The van der Waals surface area contributed by atoms with Gasteiger partial charge in [0.05, 0.1) is 7.11 Å². The first-order valence-electron chi connectivity index (χ1n) is 6.03. The van der Waals surface area contributed by atoms with Crippen LogP contribution in [0.15, 0.2) is 34.8 Å². The molecule has 0 atom stereocenters. The van der Waals surface area contributed by atoms with Crippen LogP contribution in [0.5, 0.6) is 5.75 Å². The molecular formula is C14H13BrClN3O2. The Labute approximate surface area is 135 Å². The minimum Gasteiger partial charge on any atom is -0.497 e. The Kier molecular flexibility index (Phi) is 5.03. The van der Waals surface area contributed by atoms with Crippen molar-refractivity contribution >= 4 is 44.9 Å². The molecule has 0 saturated carbocycles. The summed E-state index contributed by atoms with van der Waals surface area (Å²) in [5.74, 6) is 0.888. The van der Waals surface area contributed by atoms with Crippen LogP contribution >= 0.6 is 27.5 Å². The van der Waals surface area contributed by atoms with E-state index >= 15 is 0 Å². The number of carbonyl (C=O) groups excluding carboxylic acids is 1. The second-order valence-electron chi connectivity index (χ2n) is 4.15. The number of pyridine rings is 1. The van der Waals surface area contributed by atoms with Crippen LogP contribution in [0.1, 0.15) is 10.4 Å². The number of aromatic nitrogens is 1. The Morgan fingerprint density at radius 2 is 2.05 bits per heavy atom. The molecule has 0 bridgehead atoms. The van der Waals surface area contributed by atoms with E-state index < -0.39 is 0 Å². The molecule has 7 heteroatoms. The highest BCUT2D eigenvalue weighted by Gasteiger charge is 2.10. The standard InChI is InChI=1S/C14H13BrClN3O2/c1-17-13-4-8(3-12(16)19-13)14(20)18-10-5-9(15)6-11(7-10)21-2/h3-7H,1-2H3,(H,17,19)(H,18,20). The number of carbonyl (C=O) groups is 1. The van der Waals surface area contributed by atoms with Gasteiger partial charge >= 0.3 is 0 Å². The van der Waals surface area contributed by atoms with Crippen molar-refractivity contribution in [2.75, 3.05) is 24.8 Å². The normalized spacial score (nSPS) is 10.1. The van der Waals surface area contributed by atoms with Crippen molar-refractivity contribution in [3.8, 4) is 5.75 Å². The Morgan fingerprint density at radius 1 is 1.29 bits per heavy atom. The van der Waals surface area contributed by atoms with Gasteiger partial charge in [-0.2, -0.15) is 0 Å². The van der Waals surface area contributed by atoms with Crippen LogP contribution in [-0.2, 0) is 0 Å². The van der Waals surface area contributed by atoms with E-state index in [2.05, 4.69) is 31.5 Å². The molecule has 2 rings (SSSR count). The summed E-state index contributed by atoms with van der Waals surface area (Å²) in [5.41, 5.74) is 1.03. The molecule has 110 valence electrons. The Balaban J connectivity index is 2.25. The molecule has 0 aliphatic heterocycles. The number of hydrogen-bond acceptors (Lipinski definition) is 4. The van der Waals surface area contributed by atoms with Crippen LogP contribution in [0.2, 0.25) is 5.15 Å². The van der Waals surface area contributed by atoms with Gasteiger partial charge in [-0.25, -0.2) is 4.98 Å². The third-order valence-corrected chi connectivity index (χ3v) is 3.33.